The number of aryl methyl sites for hydroxylation is 1. The van der Waals surface area contributed by atoms with Gasteiger partial charge in [-0.2, -0.15) is 0 Å². The van der Waals surface area contributed by atoms with Crippen LogP contribution in [-0.2, 0) is 13.5 Å². The van der Waals surface area contributed by atoms with Gasteiger partial charge in [-0.15, -0.1) is 10.2 Å². The van der Waals surface area contributed by atoms with E-state index < -0.39 is 0 Å². The molecule has 1 aliphatic heterocycles. The summed E-state index contributed by atoms with van der Waals surface area (Å²) in [7, 11) is 1.94. The minimum atomic E-state index is 0.0627. The predicted octanol–water partition coefficient (Wildman–Crippen LogP) is 4.52. The second-order valence-corrected chi connectivity index (χ2v) is 8.93. The standard InChI is InChI=1S/C25H24N4O3S/c1-16-11-20(17(2)29(16)19-9-10-22-23(13-19)32-15-31-22)21(30)14-33-25-27-26-24(28(25)3)12-18-7-5-4-6-8-18/h4-11,13H,12,14-15H2,1-3H3. The van der Waals surface area contributed by atoms with E-state index in [4.69, 9.17) is 9.47 Å². The van der Waals surface area contributed by atoms with Gasteiger partial charge in [0.15, 0.2) is 22.4 Å². The van der Waals surface area contributed by atoms with Crippen LogP contribution in [0.4, 0.5) is 0 Å². The summed E-state index contributed by atoms with van der Waals surface area (Å²) in [5.41, 5.74) is 4.73. The van der Waals surface area contributed by atoms with Crippen molar-refractivity contribution in [1.29, 1.82) is 0 Å². The third-order valence-electron chi connectivity index (χ3n) is 5.81. The molecular formula is C25H24N4O3S. The van der Waals surface area contributed by atoms with Crippen molar-refractivity contribution < 1.29 is 14.3 Å². The SMILES string of the molecule is Cc1cc(C(=O)CSc2nnc(Cc3ccccc3)n2C)c(C)n1-c1ccc2c(c1)OCO2. The van der Waals surface area contributed by atoms with Crippen LogP contribution in [0.15, 0.2) is 59.8 Å². The lowest BCUT2D eigenvalue weighted by atomic mass is 10.1. The van der Waals surface area contributed by atoms with Gasteiger partial charge in [0.25, 0.3) is 0 Å². The fourth-order valence-corrected chi connectivity index (χ4v) is 4.89. The zero-order valence-corrected chi connectivity index (χ0v) is 19.6. The smallest absolute Gasteiger partial charge is 0.231 e. The summed E-state index contributed by atoms with van der Waals surface area (Å²) in [5, 5.41) is 9.35. The fraction of sp³-hybridized carbons (Fsp3) is 0.240. The Labute approximate surface area is 196 Å². The van der Waals surface area contributed by atoms with Crippen molar-refractivity contribution in [3.05, 3.63) is 82.9 Å². The largest absolute Gasteiger partial charge is 0.454 e. The van der Waals surface area contributed by atoms with E-state index in [2.05, 4.69) is 26.9 Å². The van der Waals surface area contributed by atoms with E-state index in [1.807, 2.05) is 67.9 Å². The number of fused-ring (bicyclic) bond motifs is 1. The molecule has 1 aliphatic rings. The third-order valence-corrected chi connectivity index (χ3v) is 6.83. The van der Waals surface area contributed by atoms with Gasteiger partial charge in [-0.25, -0.2) is 0 Å². The normalized spacial score (nSPS) is 12.3. The number of hydrogen-bond donors (Lipinski definition) is 0. The molecule has 5 rings (SSSR count). The van der Waals surface area contributed by atoms with Crippen LogP contribution in [0.1, 0.15) is 33.1 Å². The molecule has 0 atom stereocenters. The van der Waals surface area contributed by atoms with Crippen molar-refractivity contribution in [1.82, 2.24) is 19.3 Å². The minimum Gasteiger partial charge on any atom is -0.454 e. The molecule has 0 amide bonds. The summed E-state index contributed by atoms with van der Waals surface area (Å²) < 4.78 is 15.0. The maximum Gasteiger partial charge on any atom is 0.231 e. The Kier molecular flexibility index (Phi) is 5.68. The number of Topliss-reactive ketones (excluding diaryl/α,β-unsaturated/α-hetero) is 1. The number of carbonyl (C=O) groups excluding carboxylic acids is 1. The number of thioether (sulfide) groups is 1. The Hall–Kier alpha value is -3.52. The second kappa shape index (κ2) is 8.78. The maximum absolute atomic E-state index is 13.1. The summed E-state index contributed by atoms with van der Waals surface area (Å²) in [6.45, 7) is 4.20. The van der Waals surface area contributed by atoms with E-state index in [-0.39, 0.29) is 12.6 Å². The number of rotatable bonds is 7. The van der Waals surface area contributed by atoms with Crippen LogP contribution in [0.3, 0.4) is 0 Å². The minimum absolute atomic E-state index is 0.0627. The van der Waals surface area contributed by atoms with E-state index in [1.54, 1.807) is 0 Å². The lowest BCUT2D eigenvalue weighted by Crippen LogP contribution is -2.07. The van der Waals surface area contributed by atoms with Crippen LogP contribution in [-0.4, -0.2) is 37.7 Å². The molecule has 0 N–H and O–H groups in total. The zero-order chi connectivity index (χ0) is 22.9. The topological polar surface area (TPSA) is 71.2 Å². The number of ketones is 1. The molecule has 0 saturated carbocycles. The number of nitrogens with zero attached hydrogens (tertiary/aromatic N) is 4. The number of carbonyl (C=O) groups is 1. The first kappa shape index (κ1) is 21.3. The number of hydrogen-bond acceptors (Lipinski definition) is 6. The Balaban J connectivity index is 1.31. The molecule has 0 aliphatic carbocycles. The van der Waals surface area contributed by atoms with Crippen molar-refractivity contribution in [3.8, 4) is 17.2 Å². The molecule has 2 aromatic heterocycles. The first-order chi connectivity index (χ1) is 16.0. The number of benzene rings is 2. The van der Waals surface area contributed by atoms with Gasteiger partial charge in [0.2, 0.25) is 6.79 Å². The fourth-order valence-electron chi connectivity index (χ4n) is 4.08. The molecular weight excluding hydrogens is 436 g/mol. The summed E-state index contributed by atoms with van der Waals surface area (Å²) in [4.78, 5) is 13.1. The number of aromatic nitrogens is 4. The molecule has 168 valence electrons. The van der Waals surface area contributed by atoms with E-state index >= 15 is 0 Å². The second-order valence-electron chi connectivity index (χ2n) is 7.99. The van der Waals surface area contributed by atoms with Gasteiger partial charge in [-0.05, 0) is 37.6 Å². The molecule has 7 nitrogen and oxygen atoms in total. The van der Waals surface area contributed by atoms with Crippen molar-refractivity contribution in [3.63, 3.8) is 0 Å². The average molecular weight is 461 g/mol. The van der Waals surface area contributed by atoms with Crippen molar-refractivity contribution >= 4 is 17.5 Å². The van der Waals surface area contributed by atoms with E-state index in [1.165, 1.54) is 17.3 Å². The summed E-state index contributed by atoms with van der Waals surface area (Å²) >= 11 is 1.41. The van der Waals surface area contributed by atoms with Gasteiger partial charge in [-0.1, -0.05) is 42.1 Å². The van der Waals surface area contributed by atoms with Crippen LogP contribution in [0, 0.1) is 13.8 Å². The highest BCUT2D eigenvalue weighted by molar-refractivity contribution is 7.99. The summed E-state index contributed by atoms with van der Waals surface area (Å²) in [5.74, 6) is 2.69. The van der Waals surface area contributed by atoms with Crippen molar-refractivity contribution in [2.75, 3.05) is 12.5 Å². The van der Waals surface area contributed by atoms with Crippen LogP contribution in [0.2, 0.25) is 0 Å². The number of ether oxygens (including phenoxy) is 2. The first-order valence-corrected chi connectivity index (χ1v) is 11.7. The molecule has 0 bridgehead atoms. The molecule has 2 aromatic carbocycles. The van der Waals surface area contributed by atoms with Gasteiger partial charge in [0.1, 0.15) is 5.82 Å². The maximum atomic E-state index is 13.1. The Bertz CT molecular complexity index is 1330. The lowest BCUT2D eigenvalue weighted by molar-refractivity contribution is 0.102. The van der Waals surface area contributed by atoms with Crippen LogP contribution < -0.4 is 9.47 Å². The lowest BCUT2D eigenvalue weighted by Gasteiger charge is -2.10. The highest BCUT2D eigenvalue weighted by Gasteiger charge is 2.20. The van der Waals surface area contributed by atoms with Gasteiger partial charge in [0.05, 0.1) is 5.75 Å². The van der Waals surface area contributed by atoms with E-state index in [9.17, 15) is 4.79 Å². The van der Waals surface area contributed by atoms with Crippen LogP contribution in [0.25, 0.3) is 5.69 Å². The average Bonchev–Trinajstić information content (AvgIpc) is 3.50. The molecule has 3 heterocycles. The molecule has 0 unspecified atom stereocenters. The van der Waals surface area contributed by atoms with Gasteiger partial charge < -0.3 is 18.6 Å². The van der Waals surface area contributed by atoms with Crippen molar-refractivity contribution in [2.45, 2.75) is 25.4 Å². The van der Waals surface area contributed by atoms with Gasteiger partial charge in [0, 0.05) is 42.2 Å². The quantitative estimate of drug-likeness (QED) is 0.298. The molecule has 0 fully saturated rings. The van der Waals surface area contributed by atoms with E-state index in [0.717, 1.165) is 39.6 Å². The Morgan fingerprint density at radius 1 is 1.03 bits per heavy atom. The molecule has 0 radical (unpaired) electrons. The van der Waals surface area contributed by atoms with Crippen molar-refractivity contribution in [2.24, 2.45) is 7.05 Å². The van der Waals surface area contributed by atoms with Gasteiger partial charge in [-0.3, -0.25) is 4.79 Å². The predicted molar refractivity (Wildman–Crippen MR) is 127 cm³/mol. The van der Waals surface area contributed by atoms with Gasteiger partial charge >= 0.3 is 0 Å². The molecule has 0 spiro atoms. The van der Waals surface area contributed by atoms with E-state index in [0.29, 0.717) is 17.7 Å². The zero-order valence-electron chi connectivity index (χ0n) is 18.7. The highest BCUT2D eigenvalue weighted by atomic mass is 32.2. The third kappa shape index (κ3) is 4.14. The molecule has 8 heteroatoms. The monoisotopic (exact) mass is 460 g/mol. The van der Waals surface area contributed by atoms with Crippen LogP contribution >= 0.6 is 11.8 Å². The molecule has 4 aromatic rings. The Morgan fingerprint density at radius 2 is 1.82 bits per heavy atom. The summed E-state index contributed by atoms with van der Waals surface area (Å²) in [6, 6.07) is 17.9. The highest BCUT2D eigenvalue weighted by Crippen LogP contribution is 2.35. The van der Waals surface area contributed by atoms with Crippen LogP contribution in [0.5, 0.6) is 11.5 Å². The Morgan fingerprint density at radius 3 is 2.64 bits per heavy atom. The summed E-state index contributed by atoms with van der Waals surface area (Å²) in [6.07, 6.45) is 0.704. The first-order valence-electron chi connectivity index (χ1n) is 10.7. The molecule has 0 saturated heterocycles. The molecule has 33 heavy (non-hydrogen) atoms.